The molecule has 2 aromatic rings. The van der Waals surface area contributed by atoms with Crippen LogP contribution in [0.1, 0.15) is 16.1 Å². The van der Waals surface area contributed by atoms with Gasteiger partial charge >= 0.3 is 0 Å². The van der Waals surface area contributed by atoms with Crippen LogP contribution in [0.3, 0.4) is 0 Å². The van der Waals surface area contributed by atoms with Crippen molar-refractivity contribution in [2.45, 2.75) is 6.54 Å². The summed E-state index contributed by atoms with van der Waals surface area (Å²) in [5.74, 6) is 0.412. The summed E-state index contributed by atoms with van der Waals surface area (Å²) >= 11 is 0. The van der Waals surface area contributed by atoms with E-state index >= 15 is 0 Å². The monoisotopic (exact) mass is 260 g/mol. The minimum absolute atomic E-state index is 0.213. The van der Waals surface area contributed by atoms with Crippen LogP contribution in [0.2, 0.25) is 0 Å². The first-order valence-electron chi connectivity index (χ1n) is 5.80. The van der Waals surface area contributed by atoms with Gasteiger partial charge in [0.15, 0.2) is 0 Å². The van der Waals surface area contributed by atoms with Gasteiger partial charge in [-0.25, -0.2) is 0 Å². The van der Waals surface area contributed by atoms with Gasteiger partial charge < -0.3 is 15.8 Å². The van der Waals surface area contributed by atoms with E-state index in [1.54, 1.807) is 43.2 Å². The Labute approximate surface area is 111 Å². The number of nitrogens with zero attached hydrogens (tertiary/aromatic N) is 2. The molecule has 0 fully saturated rings. The zero-order valence-electron chi connectivity index (χ0n) is 10.9. The molecule has 1 heterocycles. The average molecular weight is 260 g/mol. The predicted octanol–water partition coefficient (Wildman–Crippen LogP) is 0.941. The van der Waals surface area contributed by atoms with Gasteiger partial charge in [-0.2, -0.15) is 5.10 Å². The van der Waals surface area contributed by atoms with Gasteiger partial charge in [0.1, 0.15) is 11.4 Å². The number of anilines is 1. The molecule has 2 rings (SSSR count). The van der Waals surface area contributed by atoms with E-state index in [0.717, 1.165) is 5.56 Å². The lowest BCUT2D eigenvalue weighted by atomic mass is 10.2. The predicted molar refractivity (Wildman–Crippen MR) is 71.8 cm³/mol. The third kappa shape index (κ3) is 3.04. The maximum absolute atomic E-state index is 11.8. The molecule has 1 aromatic heterocycles. The van der Waals surface area contributed by atoms with E-state index < -0.39 is 0 Å². The summed E-state index contributed by atoms with van der Waals surface area (Å²) < 4.78 is 6.66. The van der Waals surface area contributed by atoms with E-state index in [-0.39, 0.29) is 5.91 Å². The quantitative estimate of drug-likeness (QED) is 0.801. The van der Waals surface area contributed by atoms with Crippen molar-refractivity contribution >= 4 is 11.6 Å². The highest BCUT2D eigenvalue weighted by molar-refractivity contribution is 5.92. The molecule has 0 aliphatic carbocycles. The number of amides is 1. The summed E-state index contributed by atoms with van der Waals surface area (Å²) in [7, 11) is 3.33. The normalized spacial score (nSPS) is 10.2. The van der Waals surface area contributed by atoms with Gasteiger partial charge in [0.2, 0.25) is 0 Å². The molecule has 1 aromatic carbocycles. The number of rotatable bonds is 4. The number of nitrogen functional groups attached to an aromatic ring is 1. The number of aryl methyl sites for hydroxylation is 1. The molecule has 6 nitrogen and oxygen atoms in total. The lowest BCUT2D eigenvalue weighted by Gasteiger charge is -2.07. The molecule has 19 heavy (non-hydrogen) atoms. The molecule has 0 unspecified atom stereocenters. The van der Waals surface area contributed by atoms with Crippen LogP contribution in [0.15, 0.2) is 30.5 Å². The highest BCUT2D eigenvalue weighted by Gasteiger charge is 2.08. The topological polar surface area (TPSA) is 82.2 Å². The third-order valence-corrected chi connectivity index (χ3v) is 2.69. The van der Waals surface area contributed by atoms with Gasteiger partial charge in [-0.05, 0) is 23.8 Å². The second-order valence-corrected chi connectivity index (χ2v) is 4.13. The third-order valence-electron chi connectivity index (χ3n) is 2.69. The summed E-state index contributed by atoms with van der Waals surface area (Å²) in [5.41, 5.74) is 7.65. The van der Waals surface area contributed by atoms with E-state index in [0.29, 0.717) is 23.7 Å². The minimum Gasteiger partial charge on any atom is -0.495 e. The maximum Gasteiger partial charge on any atom is 0.272 e. The second-order valence-electron chi connectivity index (χ2n) is 4.13. The Kier molecular flexibility index (Phi) is 3.70. The fourth-order valence-electron chi connectivity index (χ4n) is 1.70. The van der Waals surface area contributed by atoms with E-state index in [4.69, 9.17) is 10.5 Å². The van der Waals surface area contributed by atoms with Gasteiger partial charge in [-0.3, -0.25) is 9.48 Å². The maximum atomic E-state index is 11.8. The largest absolute Gasteiger partial charge is 0.495 e. The van der Waals surface area contributed by atoms with Crippen molar-refractivity contribution in [2.24, 2.45) is 7.05 Å². The van der Waals surface area contributed by atoms with Crippen molar-refractivity contribution in [1.82, 2.24) is 15.1 Å². The Morgan fingerprint density at radius 2 is 2.26 bits per heavy atom. The Hall–Kier alpha value is -2.50. The second kappa shape index (κ2) is 5.43. The lowest BCUT2D eigenvalue weighted by molar-refractivity contribution is 0.0945. The van der Waals surface area contributed by atoms with Crippen molar-refractivity contribution in [3.05, 3.63) is 41.7 Å². The molecular weight excluding hydrogens is 244 g/mol. The summed E-state index contributed by atoms with van der Waals surface area (Å²) in [6.07, 6.45) is 1.72. The van der Waals surface area contributed by atoms with Crippen LogP contribution in [0.5, 0.6) is 5.75 Å². The lowest BCUT2D eigenvalue weighted by Crippen LogP contribution is -2.23. The summed E-state index contributed by atoms with van der Waals surface area (Å²) in [4.78, 5) is 11.8. The van der Waals surface area contributed by atoms with Gasteiger partial charge in [0.05, 0.1) is 12.8 Å². The summed E-state index contributed by atoms with van der Waals surface area (Å²) in [5, 5.41) is 6.81. The molecule has 0 atom stereocenters. The van der Waals surface area contributed by atoms with Gasteiger partial charge in [0.25, 0.3) is 5.91 Å². The summed E-state index contributed by atoms with van der Waals surface area (Å²) in [6.45, 7) is 0.392. The molecule has 6 heteroatoms. The van der Waals surface area contributed by atoms with Crippen molar-refractivity contribution in [3.63, 3.8) is 0 Å². The molecule has 0 bridgehead atoms. The first kappa shape index (κ1) is 12.9. The fraction of sp³-hybridized carbons (Fsp3) is 0.231. The molecule has 0 spiro atoms. The molecular formula is C13H16N4O2. The number of nitrogens with one attached hydrogen (secondary N) is 1. The zero-order valence-corrected chi connectivity index (χ0v) is 10.9. The van der Waals surface area contributed by atoms with Crippen molar-refractivity contribution in [1.29, 1.82) is 0 Å². The van der Waals surface area contributed by atoms with E-state index in [2.05, 4.69) is 10.4 Å². The van der Waals surface area contributed by atoms with E-state index in [1.165, 1.54) is 0 Å². The van der Waals surface area contributed by atoms with Gasteiger partial charge in [-0.1, -0.05) is 6.07 Å². The number of benzene rings is 1. The summed E-state index contributed by atoms with van der Waals surface area (Å²) in [6, 6.07) is 7.07. The standard InChI is InChI=1S/C13H16N4O2/c1-17-6-5-11(16-17)13(18)15-8-9-3-4-12(19-2)10(14)7-9/h3-7H,8,14H2,1-2H3,(H,15,18). The van der Waals surface area contributed by atoms with E-state index in [9.17, 15) is 4.79 Å². The fourth-order valence-corrected chi connectivity index (χ4v) is 1.70. The molecule has 0 radical (unpaired) electrons. The van der Waals surface area contributed by atoms with Gasteiger partial charge in [-0.15, -0.1) is 0 Å². The number of carbonyl (C=O) groups is 1. The first-order chi connectivity index (χ1) is 9.10. The number of aromatic nitrogens is 2. The highest BCUT2D eigenvalue weighted by Crippen LogP contribution is 2.21. The van der Waals surface area contributed by atoms with Crippen LogP contribution in [0.25, 0.3) is 0 Å². The van der Waals surface area contributed by atoms with Crippen LogP contribution in [0.4, 0.5) is 5.69 Å². The number of nitrogens with two attached hydrogens (primary N) is 1. The van der Waals surface area contributed by atoms with Crippen LogP contribution in [-0.4, -0.2) is 22.8 Å². The first-order valence-corrected chi connectivity index (χ1v) is 5.80. The molecule has 1 amide bonds. The van der Waals surface area contributed by atoms with Crippen LogP contribution in [-0.2, 0) is 13.6 Å². The van der Waals surface area contributed by atoms with Crippen LogP contribution < -0.4 is 15.8 Å². The van der Waals surface area contributed by atoms with Crippen LogP contribution >= 0.6 is 0 Å². The Bertz CT molecular complexity index is 592. The number of hydrogen-bond acceptors (Lipinski definition) is 4. The SMILES string of the molecule is COc1ccc(CNC(=O)c2ccn(C)n2)cc1N. The molecule has 100 valence electrons. The van der Waals surface area contributed by atoms with Crippen molar-refractivity contribution in [2.75, 3.05) is 12.8 Å². The van der Waals surface area contributed by atoms with Crippen molar-refractivity contribution in [3.8, 4) is 5.75 Å². The molecule has 0 aliphatic rings. The molecule has 0 aliphatic heterocycles. The Morgan fingerprint density at radius 3 is 2.84 bits per heavy atom. The molecule has 0 saturated carbocycles. The smallest absolute Gasteiger partial charge is 0.272 e. The molecule has 3 N–H and O–H groups in total. The number of carbonyl (C=O) groups excluding carboxylic acids is 1. The van der Waals surface area contributed by atoms with E-state index in [1.807, 2.05) is 6.07 Å². The number of methoxy groups -OCH3 is 1. The Morgan fingerprint density at radius 1 is 1.47 bits per heavy atom. The highest BCUT2D eigenvalue weighted by atomic mass is 16.5. The van der Waals surface area contributed by atoms with Crippen LogP contribution in [0, 0.1) is 0 Å². The Balaban J connectivity index is 1.99. The number of hydrogen-bond donors (Lipinski definition) is 2. The molecule has 0 saturated heterocycles. The van der Waals surface area contributed by atoms with Crippen molar-refractivity contribution < 1.29 is 9.53 Å². The van der Waals surface area contributed by atoms with Gasteiger partial charge in [0, 0.05) is 19.8 Å². The average Bonchev–Trinajstić information content (AvgIpc) is 2.83. The zero-order chi connectivity index (χ0) is 13.8. The number of ether oxygens (including phenoxy) is 1. The minimum atomic E-state index is -0.213.